The largest absolute Gasteiger partial charge is 0.445 e. The first-order chi connectivity index (χ1) is 21.8. The van der Waals surface area contributed by atoms with E-state index in [1.165, 1.54) is 19.3 Å². The van der Waals surface area contributed by atoms with E-state index >= 15 is 0 Å². The molecule has 1 N–H and O–H groups in total. The summed E-state index contributed by atoms with van der Waals surface area (Å²) in [6.45, 7) is 12.3. The quantitative estimate of drug-likeness (QED) is 0.112. The van der Waals surface area contributed by atoms with Gasteiger partial charge in [0.25, 0.3) is 0 Å². The molecule has 0 fully saturated rings. The molecule has 0 radical (unpaired) electrons. The Morgan fingerprint density at radius 2 is 0.886 bits per heavy atom. The summed E-state index contributed by atoms with van der Waals surface area (Å²) < 4.78 is 54.4. The molecule has 0 heterocycles. The van der Waals surface area contributed by atoms with Gasteiger partial charge in [-0.15, -0.1) is 0 Å². The van der Waals surface area contributed by atoms with Crippen LogP contribution in [0.1, 0.15) is 38.2 Å². The molecule has 0 aliphatic heterocycles. The van der Waals surface area contributed by atoms with E-state index in [-0.39, 0.29) is 6.61 Å². The van der Waals surface area contributed by atoms with Crippen LogP contribution in [0.5, 0.6) is 0 Å². The fraction of sp³-hybridized carbons (Fsp3) is 0.781. The second-order valence-electron chi connectivity index (χ2n) is 9.56. The van der Waals surface area contributed by atoms with Crippen molar-refractivity contribution in [2.75, 3.05) is 125 Å². The number of carbonyl (C=O) groups is 1. The Morgan fingerprint density at radius 1 is 0.500 bits per heavy atom. The summed E-state index contributed by atoms with van der Waals surface area (Å²) in [6.07, 6.45) is 4.42. The van der Waals surface area contributed by atoms with E-state index in [2.05, 4.69) is 12.2 Å². The maximum Gasteiger partial charge on any atom is 0.407 e. The highest BCUT2D eigenvalue weighted by atomic mass is 16.6. The summed E-state index contributed by atoms with van der Waals surface area (Å²) in [7, 11) is 0. The van der Waals surface area contributed by atoms with Gasteiger partial charge in [-0.05, 0) is 12.0 Å². The molecule has 1 aromatic rings. The molecule has 1 aromatic carbocycles. The van der Waals surface area contributed by atoms with Crippen molar-refractivity contribution in [1.29, 1.82) is 0 Å². The Morgan fingerprint density at radius 3 is 1.30 bits per heavy atom. The number of unbranched alkanes of at least 4 members (excludes halogenated alkanes) is 3. The molecular weight excluding hydrogens is 574 g/mol. The third-order valence-corrected chi connectivity index (χ3v) is 5.85. The zero-order valence-electron chi connectivity index (χ0n) is 26.8. The molecule has 256 valence electrons. The minimum atomic E-state index is -0.465. The van der Waals surface area contributed by atoms with Gasteiger partial charge in [-0.2, -0.15) is 0 Å². The van der Waals surface area contributed by atoms with Gasteiger partial charge in [0.15, 0.2) is 0 Å². The van der Waals surface area contributed by atoms with Crippen LogP contribution in [0.4, 0.5) is 4.79 Å². The Balaban J connectivity index is 1.64. The highest BCUT2D eigenvalue weighted by Gasteiger charge is 2.02. The minimum Gasteiger partial charge on any atom is -0.445 e. The molecule has 0 spiro atoms. The molecule has 0 aliphatic carbocycles. The van der Waals surface area contributed by atoms with Crippen LogP contribution in [0, 0.1) is 0 Å². The lowest BCUT2D eigenvalue weighted by Gasteiger charge is -2.09. The van der Waals surface area contributed by atoms with Gasteiger partial charge in [-0.1, -0.05) is 56.5 Å². The summed E-state index contributed by atoms with van der Waals surface area (Å²) in [5, 5.41) is 2.64. The van der Waals surface area contributed by atoms with Crippen LogP contribution in [0.25, 0.3) is 0 Å². The number of carbonyl (C=O) groups excluding carboxylic acids is 1. The van der Waals surface area contributed by atoms with Gasteiger partial charge in [0, 0.05) is 13.2 Å². The molecule has 0 atom stereocenters. The highest BCUT2D eigenvalue weighted by Crippen LogP contribution is 2.00. The fourth-order valence-corrected chi connectivity index (χ4v) is 3.49. The normalized spacial score (nSPS) is 11.2. The van der Waals surface area contributed by atoms with E-state index in [0.717, 1.165) is 18.6 Å². The number of benzene rings is 1. The SMILES string of the molecule is CCCCCCOCCOCCOCCOCCOCCOCCOCCOCCOCCNC(=O)OCc1ccccc1. The first-order valence-corrected chi connectivity index (χ1v) is 16.0. The first kappa shape index (κ1) is 40.2. The number of alkyl carbamates (subject to hydrolysis) is 1. The Bertz CT molecular complexity index is 715. The summed E-state index contributed by atoms with van der Waals surface area (Å²) in [5.74, 6) is 0. The molecule has 0 unspecified atom stereocenters. The van der Waals surface area contributed by atoms with Crippen LogP contribution in [-0.2, 0) is 54.0 Å². The first-order valence-electron chi connectivity index (χ1n) is 16.0. The van der Waals surface area contributed by atoms with Crippen LogP contribution in [0.2, 0.25) is 0 Å². The number of amides is 1. The maximum atomic E-state index is 11.6. The van der Waals surface area contributed by atoms with E-state index in [1.54, 1.807) is 0 Å². The summed E-state index contributed by atoms with van der Waals surface area (Å²) in [4.78, 5) is 11.6. The number of nitrogens with one attached hydrogen (secondary N) is 1. The molecule has 0 bridgehead atoms. The monoisotopic (exact) mass is 631 g/mol. The predicted octanol–water partition coefficient (Wildman–Crippen LogP) is 3.64. The second-order valence-corrected chi connectivity index (χ2v) is 9.56. The Labute approximate surface area is 264 Å². The van der Waals surface area contributed by atoms with Crippen molar-refractivity contribution in [3.63, 3.8) is 0 Å². The highest BCUT2D eigenvalue weighted by molar-refractivity contribution is 5.67. The van der Waals surface area contributed by atoms with E-state index in [4.69, 9.17) is 47.4 Å². The van der Waals surface area contributed by atoms with E-state index in [9.17, 15) is 4.79 Å². The molecule has 0 aromatic heterocycles. The third kappa shape index (κ3) is 30.2. The van der Waals surface area contributed by atoms with Crippen LogP contribution < -0.4 is 5.32 Å². The Hall–Kier alpha value is -1.87. The zero-order chi connectivity index (χ0) is 31.4. The van der Waals surface area contributed by atoms with Gasteiger partial charge < -0.3 is 52.7 Å². The maximum absolute atomic E-state index is 11.6. The average molecular weight is 632 g/mol. The summed E-state index contributed by atoms with van der Waals surface area (Å²) in [6, 6.07) is 9.52. The predicted molar refractivity (Wildman–Crippen MR) is 166 cm³/mol. The Kier molecular flexibility index (Phi) is 31.0. The van der Waals surface area contributed by atoms with Crippen LogP contribution in [0.15, 0.2) is 30.3 Å². The second kappa shape index (κ2) is 34.0. The van der Waals surface area contributed by atoms with Gasteiger partial charge in [-0.25, -0.2) is 4.79 Å². The lowest BCUT2D eigenvalue weighted by molar-refractivity contribution is -0.0249. The molecule has 0 saturated carbocycles. The summed E-state index contributed by atoms with van der Waals surface area (Å²) in [5.41, 5.74) is 0.941. The summed E-state index contributed by atoms with van der Waals surface area (Å²) >= 11 is 0. The molecule has 44 heavy (non-hydrogen) atoms. The van der Waals surface area contributed by atoms with Crippen LogP contribution >= 0.6 is 0 Å². The van der Waals surface area contributed by atoms with Gasteiger partial charge in [0.05, 0.1) is 112 Å². The molecule has 1 rings (SSSR count). The molecule has 0 saturated heterocycles. The third-order valence-electron chi connectivity index (χ3n) is 5.85. The van der Waals surface area contributed by atoms with Crippen molar-refractivity contribution >= 4 is 6.09 Å². The fourth-order valence-electron chi connectivity index (χ4n) is 3.49. The molecule has 0 aliphatic rings. The number of rotatable bonds is 34. The molecule has 12 nitrogen and oxygen atoms in total. The van der Waals surface area contributed by atoms with Crippen molar-refractivity contribution in [2.24, 2.45) is 0 Å². The van der Waals surface area contributed by atoms with Gasteiger partial charge in [0.2, 0.25) is 0 Å². The topological polar surface area (TPSA) is 121 Å². The minimum absolute atomic E-state index is 0.242. The van der Waals surface area contributed by atoms with Crippen molar-refractivity contribution in [3.05, 3.63) is 35.9 Å². The standard InChI is InChI=1S/C32H57NO11/c1-2-3-4-8-12-35-14-16-37-18-20-39-22-24-41-26-28-43-29-27-42-25-23-40-21-19-38-17-15-36-13-11-33-32(34)44-30-31-9-6-5-7-10-31/h5-7,9-10H,2-4,8,11-30H2,1H3,(H,33,34). The molecule has 1 amide bonds. The lowest BCUT2D eigenvalue weighted by atomic mass is 10.2. The van der Waals surface area contributed by atoms with Crippen molar-refractivity contribution < 1.29 is 52.2 Å². The van der Waals surface area contributed by atoms with Crippen molar-refractivity contribution in [3.8, 4) is 0 Å². The van der Waals surface area contributed by atoms with Gasteiger partial charge in [0.1, 0.15) is 6.61 Å². The zero-order valence-corrected chi connectivity index (χ0v) is 26.8. The van der Waals surface area contributed by atoms with E-state index < -0.39 is 6.09 Å². The smallest absolute Gasteiger partial charge is 0.407 e. The average Bonchev–Trinajstić information content (AvgIpc) is 3.04. The van der Waals surface area contributed by atoms with E-state index in [0.29, 0.717) is 119 Å². The number of hydrogen-bond acceptors (Lipinski definition) is 11. The van der Waals surface area contributed by atoms with Crippen LogP contribution in [-0.4, -0.2) is 132 Å². The van der Waals surface area contributed by atoms with Gasteiger partial charge in [-0.3, -0.25) is 0 Å². The van der Waals surface area contributed by atoms with Crippen molar-refractivity contribution in [1.82, 2.24) is 5.32 Å². The van der Waals surface area contributed by atoms with Crippen LogP contribution in [0.3, 0.4) is 0 Å². The number of hydrogen-bond donors (Lipinski definition) is 1. The van der Waals surface area contributed by atoms with E-state index in [1.807, 2.05) is 30.3 Å². The molecule has 12 heteroatoms. The lowest BCUT2D eigenvalue weighted by Crippen LogP contribution is -2.28. The van der Waals surface area contributed by atoms with Crippen molar-refractivity contribution in [2.45, 2.75) is 39.2 Å². The molecular formula is C32H57NO11. The number of ether oxygens (including phenoxy) is 10. The van der Waals surface area contributed by atoms with Gasteiger partial charge >= 0.3 is 6.09 Å².